The Labute approximate surface area is 97.5 Å². The third kappa shape index (κ3) is 2.58. The molecular weight excluding hydrogens is 230 g/mol. The number of fused-ring (bicyclic) bond motifs is 1. The molecule has 2 aromatic rings. The number of anilines is 1. The van der Waals surface area contributed by atoms with Crippen LogP contribution in [0.4, 0.5) is 5.95 Å². The Morgan fingerprint density at radius 3 is 3.27 bits per heavy atom. The molecule has 0 aliphatic heterocycles. The minimum Gasteiger partial charge on any atom is -0.354 e. The van der Waals surface area contributed by atoms with Crippen molar-refractivity contribution in [1.29, 1.82) is 0 Å². The highest BCUT2D eigenvalue weighted by atomic mass is 35.5. The Morgan fingerprint density at radius 1 is 1.60 bits per heavy atom. The smallest absolute Gasteiger partial charge is 0.223 e. The third-order valence-electron chi connectivity index (χ3n) is 2.08. The van der Waals surface area contributed by atoms with E-state index in [0.717, 1.165) is 16.8 Å². The lowest BCUT2D eigenvalue weighted by Gasteiger charge is -2.08. The number of rotatable bonds is 4. The van der Waals surface area contributed by atoms with Gasteiger partial charge in [-0.05, 0) is 17.4 Å². The first-order valence-corrected chi connectivity index (χ1v) is 6.21. The Bertz CT molecular complexity index is 443. The Kier molecular flexibility index (Phi) is 3.38. The molecule has 80 valence electrons. The van der Waals surface area contributed by atoms with Crippen molar-refractivity contribution in [2.45, 2.75) is 6.92 Å². The first-order valence-electron chi connectivity index (χ1n) is 4.79. The van der Waals surface area contributed by atoms with Gasteiger partial charge in [-0.1, -0.05) is 6.92 Å². The second kappa shape index (κ2) is 4.77. The van der Waals surface area contributed by atoms with Gasteiger partial charge in [0.15, 0.2) is 0 Å². The van der Waals surface area contributed by atoms with Gasteiger partial charge in [-0.25, -0.2) is 9.97 Å². The van der Waals surface area contributed by atoms with Gasteiger partial charge in [0.1, 0.15) is 0 Å². The van der Waals surface area contributed by atoms with Crippen molar-refractivity contribution < 1.29 is 0 Å². The molecule has 0 saturated carbocycles. The third-order valence-corrected chi connectivity index (χ3v) is 3.44. The topological polar surface area (TPSA) is 37.8 Å². The molecule has 1 unspecified atom stereocenters. The van der Waals surface area contributed by atoms with E-state index in [0.29, 0.717) is 17.7 Å². The Morgan fingerprint density at radius 2 is 2.47 bits per heavy atom. The molecule has 2 rings (SSSR count). The molecule has 0 radical (unpaired) electrons. The Balaban J connectivity index is 2.08. The predicted molar refractivity (Wildman–Crippen MR) is 65.8 cm³/mol. The van der Waals surface area contributed by atoms with Gasteiger partial charge in [0.05, 0.1) is 16.4 Å². The van der Waals surface area contributed by atoms with Crippen LogP contribution in [0.2, 0.25) is 0 Å². The molecule has 0 spiro atoms. The lowest BCUT2D eigenvalue weighted by molar-refractivity contribution is 0.692. The van der Waals surface area contributed by atoms with Crippen LogP contribution >= 0.6 is 22.9 Å². The highest BCUT2D eigenvalue weighted by Gasteiger charge is 2.03. The summed E-state index contributed by atoms with van der Waals surface area (Å²) in [6.45, 7) is 2.89. The molecule has 0 fully saturated rings. The molecule has 0 amide bonds. The lowest BCUT2D eigenvalue weighted by atomic mass is 10.2. The number of hydrogen-bond donors (Lipinski definition) is 1. The van der Waals surface area contributed by atoms with E-state index in [1.165, 1.54) is 0 Å². The highest BCUT2D eigenvalue weighted by molar-refractivity contribution is 7.17. The van der Waals surface area contributed by atoms with Crippen molar-refractivity contribution in [3.8, 4) is 0 Å². The van der Waals surface area contributed by atoms with Crippen LogP contribution < -0.4 is 5.32 Å². The van der Waals surface area contributed by atoms with Gasteiger partial charge in [0, 0.05) is 12.4 Å². The molecule has 0 saturated heterocycles. The van der Waals surface area contributed by atoms with Gasteiger partial charge < -0.3 is 5.32 Å². The number of alkyl halides is 1. The number of hydrogen-bond acceptors (Lipinski definition) is 4. The zero-order valence-electron chi connectivity index (χ0n) is 8.40. The quantitative estimate of drug-likeness (QED) is 0.837. The molecule has 15 heavy (non-hydrogen) atoms. The molecule has 5 heteroatoms. The Hall–Kier alpha value is -0.870. The summed E-state index contributed by atoms with van der Waals surface area (Å²) in [6.07, 6.45) is 1.85. The second-order valence-corrected chi connectivity index (χ2v) is 4.76. The average molecular weight is 242 g/mol. The predicted octanol–water partition coefficient (Wildman–Crippen LogP) is 2.98. The second-order valence-electron chi connectivity index (χ2n) is 3.50. The maximum Gasteiger partial charge on any atom is 0.223 e. The van der Waals surface area contributed by atoms with Crippen molar-refractivity contribution in [3.05, 3.63) is 17.6 Å². The normalized spacial score (nSPS) is 12.9. The molecule has 2 aromatic heterocycles. The fourth-order valence-corrected chi connectivity index (χ4v) is 1.97. The van der Waals surface area contributed by atoms with E-state index < -0.39 is 0 Å². The van der Waals surface area contributed by atoms with Crippen molar-refractivity contribution in [2.24, 2.45) is 5.92 Å². The van der Waals surface area contributed by atoms with Gasteiger partial charge >= 0.3 is 0 Å². The number of halogens is 1. The van der Waals surface area contributed by atoms with Gasteiger partial charge in [-0.15, -0.1) is 22.9 Å². The van der Waals surface area contributed by atoms with Gasteiger partial charge in [0.2, 0.25) is 5.95 Å². The SMILES string of the molecule is CC(CCl)CNc1ncc2sccc2n1. The summed E-state index contributed by atoms with van der Waals surface area (Å²) in [5.74, 6) is 1.75. The molecule has 1 N–H and O–H groups in total. The van der Waals surface area contributed by atoms with E-state index >= 15 is 0 Å². The monoisotopic (exact) mass is 241 g/mol. The molecule has 1 atom stereocenters. The van der Waals surface area contributed by atoms with Crippen LogP contribution in [0.15, 0.2) is 17.6 Å². The van der Waals surface area contributed by atoms with E-state index in [-0.39, 0.29) is 0 Å². The first-order chi connectivity index (χ1) is 7.29. The zero-order valence-corrected chi connectivity index (χ0v) is 9.98. The summed E-state index contributed by atoms with van der Waals surface area (Å²) in [6, 6.07) is 2.00. The van der Waals surface area contributed by atoms with Gasteiger partial charge in [-0.3, -0.25) is 0 Å². The van der Waals surface area contributed by atoms with Crippen molar-refractivity contribution in [1.82, 2.24) is 9.97 Å². The van der Waals surface area contributed by atoms with Gasteiger partial charge in [0.25, 0.3) is 0 Å². The van der Waals surface area contributed by atoms with Crippen LogP contribution in [0.3, 0.4) is 0 Å². The molecule has 3 nitrogen and oxygen atoms in total. The van der Waals surface area contributed by atoms with Crippen LogP contribution in [0.1, 0.15) is 6.92 Å². The van der Waals surface area contributed by atoms with E-state index in [4.69, 9.17) is 11.6 Å². The number of nitrogens with one attached hydrogen (secondary N) is 1. The zero-order chi connectivity index (χ0) is 10.7. The number of thiophene rings is 1. The van der Waals surface area contributed by atoms with Crippen LogP contribution in [0.5, 0.6) is 0 Å². The molecule has 0 aliphatic rings. The largest absolute Gasteiger partial charge is 0.354 e. The van der Waals surface area contributed by atoms with Crippen molar-refractivity contribution in [2.75, 3.05) is 17.7 Å². The standard InChI is InChI=1S/C10H12ClN3S/c1-7(4-11)5-12-10-13-6-9-8(14-10)2-3-15-9/h2-3,6-7H,4-5H2,1H3,(H,12,13,14). The summed E-state index contributed by atoms with van der Waals surface area (Å²) in [4.78, 5) is 8.62. The number of aromatic nitrogens is 2. The summed E-state index contributed by atoms with van der Waals surface area (Å²) in [7, 11) is 0. The molecule has 2 heterocycles. The van der Waals surface area contributed by atoms with Crippen LogP contribution in [0.25, 0.3) is 10.2 Å². The van der Waals surface area contributed by atoms with E-state index in [1.54, 1.807) is 11.3 Å². The van der Waals surface area contributed by atoms with Crippen molar-refractivity contribution in [3.63, 3.8) is 0 Å². The van der Waals surface area contributed by atoms with E-state index in [9.17, 15) is 0 Å². The molecular formula is C10H12ClN3S. The minimum absolute atomic E-state index is 0.424. The van der Waals surface area contributed by atoms with Crippen LogP contribution in [-0.2, 0) is 0 Å². The molecule has 0 bridgehead atoms. The van der Waals surface area contributed by atoms with Gasteiger partial charge in [-0.2, -0.15) is 0 Å². The fraction of sp³-hybridized carbons (Fsp3) is 0.400. The average Bonchev–Trinajstić information content (AvgIpc) is 2.72. The maximum atomic E-state index is 5.72. The number of nitrogens with zero attached hydrogens (tertiary/aromatic N) is 2. The van der Waals surface area contributed by atoms with E-state index in [1.807, 2.05) is 17.6 Å². The maximum absolute atomic E-state index is 5.72. The molecule has 0 aromatic carbocycles. The summed E-state index contributed by atoms with van der Waals surface area (Å²) < 4.78 is 1.12. The van der Waals surface area contributed by atoms with E-state index in [2.05, 4.69) is 22.2 Å². The fourth-order valence-electron chi connectivity index (χ4n) is 1.17. The van der Waals surface area contributed by atoms with Crippen LogP contribution in [0, 0.1) is 5.92 Å². The van der Waals surface area contributed by atoms with Crippen molar-refractivity contribution >= 4 is 39.1 Å². The lowest BCUT2D eigenvalue weighted by Crippen LogP contribution is -2.13. The highest BCUT2D eigenvalue weighted by Crippen LogP contribution is 2.18. The molecule has 0 aliphatic carbocycles. The summed E-state index contributed by atoms with van der Waals surface area (Å²) in [5.41, 5.74) is 0.996. The summed E-state index contributed by atoms with van der Waals surface area (Å²) in [5, 5.41) is 5.19. The minimum atomic E-state index is 0.424. The summed E-state index contributed by atoms with van der Waals surface area (Å²) >= 11 is 7.37. The van der Waals surface area contributed by atoms with Crippen LogP contribution in [-0.4, -0.2) is 22.4 Å². The first kappa shape index (κ1) is 10.6.